The molecule has 0 atom stereocenters. The van der Waals surface area contributed by atoms with Gasteiger partial charge in [-0.15, -0.1) is 0 Å². The van der Waals surface area contributed by atoms with Gasteiger partial charge >= 0.3 is 0 Å². The number of halogens is 1. The minimum atomic E-state index is -0.211. The maximum Gasteiger partial charge on any atom is 0.251 e. The Morgan fingerprint density at radius 2 is 2.15 bits per heavy atom. The lowest BCUT2D eigenvalue weighted by molar-refractivity contribution is 0.0950. The summed E-state index contributed by atoms with van der Waals surface area (Å²) >= 11 is 5.94. The van der Waals surface area contributed by atoms with Gasteiger partial charge in [-0.25, -0.2) is 4.98 Å². The summed E-state index contributed by atoms with van der Waals surface area (Å²) in [5.74, 6) is 0.707. The molecular weight excluding hydrogens is 278 g/mol. The van der Waals surface area contributed by atoms with Crippen LogP contribution in [0.1, 0.15) is 47.3 Å². The van der Waals surface area contributed by atoms with Crippen molar-refractivity contribution < 1.29 is 9.32 Å². The van der Waals surface area contributed by atoms with E-state index < -0.39 is 0 Å². The molecule has 0 aromatic carbocycles. The van der Waals surface area contributed by atoms with Crippen LogP contribution >= 0.6 is 11.6 Å². The quantitative estimate of drug-likeness (QED) is 0.880. The number of nitrogens with zero attached hydrogens (tertiary/aromatic N) is 2. The first-order valence-electron chi connectivity index (χ1n) is 6.33. The van der Waals surface area contributed by atoms with Crippen LogP contribution in [0.3, 0.4) is 0 Å². The molecule has 5 nitrogen and oxygen atoms in total. The number of carbonyl (C=O) groups excluding carboxylic acids is 1. The zero-order chi connectivity index (χ0) is 14.7. The van der Waals surface area contributed by atoms with Gasteiger partial charge in [-0.1, -0.05) is 30.6 Å². The minimum absolute atomic E-state index is 0.207. The van der Waals surface area contributed by atoms with E-state index in [-0.39, 0.29) is 11.8 Å². The third kappa shape index (κ3) is 3.57. The lowest BCUT2D eigenvalue weighted by Gasteiger charge is -2.08. The molecule has 0 saturated heterocycles. The third-order valence-corrected chi connectivity index (χ3v) is 2.97. The number of hydrogen-bond donors (Lipinski definition) is 1. The Labute approximate surface area is 122 Å². The van der Waals surface area contributed by atoms with Gasteiger partial charge in [-0.3, -0.25) is 4.79 Å². The van der Waals surface area contributed by atoms with Crippen molar-refractivity contribution in [1.82, 2.24) is 15.5 Å². The summed E-state index contributed by atoms with van der Waals surface area (Å²) in [7, 11) is 0. The van der Waals surface area contributed by atoms with Gasteiger partial charge in [0.05, 0.1) is 6.54 Å². The molecule has 0 aliphatic rings. The van der Waals surface area contributed by atoms with Crippen molar-refractivity contribution in [2.24, 2.45) is 0 Å². The van der Waals surface area contributed by atoms with E-state index in [9.17, 15) is 4.79 Å². The van der Waals surface area contributed by atoms with Crippen LogP contribution in [0.2, 0.25) is 5.15 Å². The largest absolute Gasteiger partial charge is 0.361 e. The van der Waals surface area contributed by atoms with Gasteiger partial charge in [0.2, 0.25) is 0 Å². The smallest absolute Gasteiger partial charge is 0.251 e. The number of carbonyl (C=O) groups is 1. The fraction of sp³-hybridized carbons (Fsp3) is 0.357. The summed E-state index contributed by atoms with van der Waals surface area (Å²) in [5, 5.41) is 6.91. The Bertz CT molecular complexity index is 623. The Kier molecular flexibility index (Phi) is 4.39. The first-order valence-corrected chi connectivity index (χ1v) is 6.71. The normalized spacial score (nSPS) is 10.8. The molecule has 2 aromatic rings. The number of rotatable bonds is 4. The molecule has 0 aliphatic heterocycles. The summed E-state index contributed by atoms with van der Waals surface area (Å²) in [5.41, 5.74) is 1.97. The minimum Gasteiger partial charge on any atom is -0.361 e. The van der Waals surface area contributed by atoms with E-state index in [1.807, 2.05) is 13.8 Å². The standard InChI is InChI=1S/C14H16ClN3O2/c1-8(2)12-5-10(6-13(15)17-12)14(19)16-7-11-4-9(3)20-18-11/h4-6,8H,7H2,1-3H3,(H,16,19). The molecule has 1 N–H and O–H groups in total. The van der Waals surface area contributed by atoms with E-state index in [2.05, 4.69) is 15.5 Å². The molecule has 2 rings (SSSR count). The van der Waals surface area contributed by atoms with Crippen LogP contribution in [0.15, 0.2) is 22.7 Å². The van der Waals surface area contributed by atoms with Crippen LogP contribution in [-0.2, 0) is 6.54 Å². The van der Waals surface area contributed by atoms with Crippen LogP contribution in [0, 0.1) is 6.92 Å². The van der Waals surface area contributed by atoms with E-state index in [1.54, 1.807) is 25.1 Å². The molecule has 0 spiro atoms. The van der Waals surface area contributed by atoms with Crippen LogP contribution in [0.4, 0.5) is 0 Å². The molecule has 0 bridgehead atoms. The van der Waals surface area contributed by atoms with Crippen LogP contribution in [-0.4, -0.2) is 16.0 Å². The lowest BCUT2D eigenvalue weighted by atomic mass is 10.1. The predicted octanol–water partition coefficient (Wildman–Crippen LogP) is 3.08. The molecular formula is C14H16ClN3O2. The SMILES string of the molecule is Cc1cc(CNC(=O)c2cc(Cl)nc(C(C)C)c2)no1. The number of aromatic nitrogens is 2. The van der Waals surface area contributed by atoms with Gasteiger partial charge in [0.15, 0.2) is 0 Å². The highest BCUT2D eigenvalue weighted by Crippen LogP contribution is 2.17. The van der Waals surface area contributed by atoms with E-state index >= 15 is 0 Å². The van der Waals surface area contributed by atoms with Crippen molar-refractivity contribution in [3.05, 3.63) is 46.1 Å². The first-order chi connectivity index (χ1) is 9.45. The van der Waals surface area contributed by atoms with Crippen molar-refractivity contribution in [3.8, 4) is 0 Å². The molecule has 0 aliphatic carbocycles. The Balaban J connectivity index is 2.09. The van der Waals surface area contributed by atoms with Gasteiger partial charge in [-0.05, 0) is 25.0 Å². The van der Waals surface area contributed by atoms with Crippen molar-refractivity contribution in [1.29, 1.82) is 0 Å². The van der Waals surface area contributed by atoms with Gasteiger partial charge in [0.1, 0.15) is 16.6 Å². The Morgan fingerprint density at radius 3 is 2.75 bits per heavy atom. The lowest BCUT2D eigenvalue weighted by Crippen LogP contribution is -2.23. The number of amides is 1. The van der Waals surface area contributed by atoms with Gasteiger partial charge in [0.25, 0.3) is 5.91 Å². The summed E-state index contributed by atoms with van der Waals surface area (Å²) in [6.07, 6.45) is 0. The number of pyridine rings is 1. The topological polar surface area (TPSA) is 68.0 Å². The average Bonchev–Trinajstić information content (AvgIpc) is 2.81. The van der Waals surface area contributed by atoms with Crippen molar-refractivity contribution in [3.63, 3.8) is 0 Å². The first kappa shape index (κ1) is 14.5. The van der Waals surface area contributed by atoms with Gasteiger partial charge in [0, 0.05) is 17.3 Å². The maximum absolute atomic E-state index is 12.1. The molecule has 2 heterocycles. The molecule has 0 radical (unpaired) electrons. The molecule has 0 saturated carbocycles. The molecule has 106 valence electrons. The summed E-state index contributed by atoms with van der Waals surface area (Å²) in [4.78, 5) is 16.3. The number of aryl methyl sites for hydroxylation is 1. The molecule has 6 heteroatoms. The van der Waals surface area contributed by atoms with E-state index in [0.29, 0.717) is 28.7 Å². The monoisotopic (exact) mass is 293 g/mol. The fourth-order valence-corrected chi connectivity index (χ4v) is 1.93. The molecule has 1 amide bonds. The van der Waals surface area contributed by atoms with E-state index in [0.717, 1.165) is 5.69 Å². The molecule has 0 fully saturated rings. The van der Waals surface area contributed by atoms with Crippen molar-refractivity contribution >= 4 is 17.5 Å². The number of nitrogens with one attached hydrogen (secondary N) is 1. The Morgan fingerprint density at radius 1 is 1.40 bits per heavy atom. The van der Waals surface area contributed by atoms with Crippen LogP contribution in [0.25, 0.3) is 0 Å². The van der Waals surface area contributed by atoms with Crippen LogP contribution in [0.5, 0.6) is 0 Å². The van der Waals surface area contributed by atoms with Gasteiger partial charge < -0.3 is 9.84 Å². The summed E-state index contributed by atoms with van der Waals surface area (Å²) in [6, 6.07) is 5.08. The zero-order valence-corrected chi connectivity index (χ0v) is 12.4. The second-order valence-electron chi connectivity index (χ2n) is 4.87. The summed E-state index contributed by atoms with van der Waals surface area (Å²) in [6.45, 7) is 6.11. The Hall–Kier alpha value is -1.88. The second-order valence-corrected chi connectivity index (χ2v) is 5.26. The average molecular weight is 294 g/mol. The van der Waals surface area contributed by atoms with Crippen LogP contribution < -0.4 is 5.32 Å². The highest BCUT2D eigenvalue weighted by Gasteiger charge is 2.11. The fourth-order valence-electron chi connectivity index (χ4n) is 1.72. The molecule has 20 heavy (non-hydrogen) atoms. The maximum atomic E-state index is 12.1. The highest BCUT2D eigenvalue weighted by atomic mass is 35.5. The van der Waals surface area contributed by atoms with E-state index in [4.69, 9.17) is 16.1 Å². The zero-order valence-electron chi connectivity index (χ0n) is 11.6. The third-order valence-electron chi connectivity index (χ3n) is 2.77. The van der Waals surface area contributed by atoms with Crippen molar-refractivity contribution in [2.75, 3.05) is 0 Å². The number of hydrogen-bond acceptors (Lipinski definition) is 4. The summed E-state index contributed by atoms with van der Waals surface area (Å²) < 4.78 is 4.94. The van der Waals surface area contributed by atoms with Crippen molar-refractivity contribution in [2.45, 2.75) is 33.2 Å². The molecule has 0 unspecified atom stereocenters. The second kappa shape index (κ2) is 6.05. The van der Waals surface area contributed by atoms with Gasteiger partial charge in [-0.2, -0.15) is 0 Å². The predicted molar refractivity (Wildman–Crippen MR) is 75.7 cm³/mol. The van der Waals surface area contributed by atoms with E-state index in [1.165, 1.54) is 0 Å². The molecule has 2 aromatic heterocycles. The highest BCUT2D eigenvalue weighted by molar-refractivity contribution is 6.29.